The molecule has 0 heterocycles. The van der Waals surface area contributed by atoms with Gasteiger partial charge < -0.3 is 9.53 Å². The quantitative estimate of drug-likeness (QED) is 0.380. The van der Waals surface area contributed by atoms with Gasteiger partial charge in [-0.05, 0) is 6.92 Å². The Balaban J connectivity index is 0. The first-order valence-electron chi connectivity index (χ1n) is 2.13. The minimum absolute atomic E-state index is 0. The summed E-state index contributed by atoms with van der Waals surface area (Å²) >= 11 is 0. The van der Waals surface area contributed by atoms with E-state index >= 15 is 0 Å². The third-order valence-electron chi connectivity index (χ3n) is 0.470. The SMILES string of the molecule is [CH-]=C(F)C(=O)OCC.[Y]. The van der Waals surface area contributed by atoms with E-state index < -0.39 is 11.8 Å². The summed E-state index contributed by atoms with van der Waals surface area (Å²) in [5.41, 5.74) is 0. The Morgan fingerprint density at radius 3 is 2.33 bits per heavy atom. The topological polar surface area (TPSA) is 26.3 Å². The Labute approximate surface area is 78.3 Å². The average molecular weight is 206 g/mol. The Morgan fingerprint density at radius 1 is 1.78 bits per heavy atom. The van der Waals surface area contributed by atoms with Crippen LogP contribution in [0.4, 0.5) is 4.39 Å². The van der Waals surface area contributed by atoms with Crippen molar-refractivity contribution in [3.8, 4) is 0 Å². The number of hydrogen-bond donors (Lipinski definition) is 0. The molecule has 0 aromatic carbocycles. The molecular formula is C5H6FO2Y-. The van der Waals surface area contributed by atoms with Crippen molar-refractivity contribution in [2.24, 2.45) is 0 Å². The van der Waals surface area contributed by atoms with Crippen LogP contribution < -0.4 is 0 Å². The summed E-state index contributed by atoms with van der Waals surface area (Å²) in [7, 11) is 0. The van der Waals surface area contributed by atoms with Crippen molar-refractivity contribution in [2.75, 3.05) is 6.61 Å². The molecule has 1 radical (unpaired) electrons. The zero-order chi connectivity index (χ0) is 6.57. The second-order valence-corrected chi connectivity index (χ2v) is 1.07. The zero-order valence-corrected chi connectivity index (χ0v) is 7.89. The van der Waals surface area contributed by atoms with Gasteiger partial charge in [-0.3, -0.25) is 0 Å². The summed E-state index contributed by atoms with van der Waals surface area (Å²) in [4.78, 5) is 9.98. The number of ether oxygens (including phenoxy) is 1. The first-order chi connectivity index (χ1) is 3.68. The Bertz CT molecular complexity index is 114. The zero-order valence-electron chi connectivity index (χ0n) is 5.06. The fourth-order valence-electron chi connectivity index (χ4n) is 0.200. The molecule has 0 amide bonds. The summed E-state index contributed by atoms with van der Waals surface area (Å²) in [5, 5.41) is 0. The van der Waals surface area contributed by atoms with Gasteiger partial charge in [0.2, 0.25) is 5.97 Å². The first kappa shape index (κ1) is 12.0. The first-order valence-corrected chi connectivity index (χ1v) is 2.13. The number of hydrogen-bond acceptors (Lipinski definition) is 2. The molecule has 0 spiro atoms. The largest absolute Gasteiger partial charge is 0.546 e. The van der Waals surface area contributed by atoms with E-state index in [4.69, 9.17) is 0 Å². The van der Waals surface area contributed by atoms with E-state index in [0.717, 1.165) is 0 Å². The molecular weight excluding hydrogens is 200 g/mol. The molecule has 0 aromatic heterocycles. The minimum atomic E-state index is -1.30. The second kappa shape index (κ2) is 6.37. The summed E-state index contributed by atoms with van der Waals surface area (Å²) in [6, 6.07) is 0. The van der Waals surface area contributed by atoms with Gasteiger partial charge in [-0.15, -0.1) is 0 Å². The van der Waals surface area contributed by atoms with Crippen LogP contribution in [-0.2, 0) is 42.2 Å². The van der Waals surface area contributed by atoms with E-state index in [9.17, 15) is 9.18 Å². The van der Waals surface area contributed by atoms with Crippen molar-refractivity contribution in [3.63, 3.8) is 0 Å². The molecule has 0 rings (SSSR count). The van der Waals surface area contributed by atoms with Crippen LogP contribution in [0.2, 0.25) is 0 Å². The van der Waals surface area contributed by atoms with Crippen molar-refractivity contribution in [3.05, 3.63) is 12.4 Å². The normalized spacial score (nSPS) is 7.33. The van der Waals surface area contributed by atoms with Gasteiger partial charge in [-0.1, -0.05) is 0 Å². The van der Waals surface area contributed by atoms with Crippen molar-refractivity contribution >= 4 is 5.97 Å². The van der Waals surface area contributed by atoms with E-state index in [2.05, 4.69) is 11.3 Å². The molecule has 0 aliphatic heterocycles. The minimum Gasteiger partial charge on any atom is -0.546 e. The summed E-state index contributed by atoms with van der Waals surface area (Å²) in [5.74, 6) is -2.39. The van der Waals surface area contributed by atoms with E-state index in [0.29, 0.717) is 0 Å². The molecule has 0 fully saturated rings. The Kier molecular flexibility index (Phi) is 8.47. The van der Waals surface area contributed by atoms with E-state index in [1.807, 2.05) is 0 Å². The molecule has 0 bridgehead atoms. The predicted octanol–water partition coefficient (Wildman–Crippen LogP) is 0.833. The molecule has 0 aliphatic rings. The van der Waals surface area contributed by atoms with Crippen molar-refractivity contribution < 1.29 is 46.6 Å². The number of carbonyl (C=O) groups is 1. The fourth-order valence-corrected chi connectivity index (χ4v) is 0.200. The molecule has 0 saturated heterocycles. The van der Waals surface area contributed by atoms with Crippen LogP contribution in [0.3, 0.4) is 0 Å². The van der Waals surface area contributed by atoms with Gasteiger partial charge in [0.25, 0.3) is 0 Å². The molecule has 9 heavy (non-hydrogen) atoms. The average Bonchev–Trinajstić information content (AvgIpc) is 1.67. The fraction of sp³-hybridized carbons (Fsp3) is 0.400. The van der Waals surface area contributed by atoms with Crippen LogP contribution in [-0.4, -0.2) is 12.6 Å². The van der Waals surface area contributed by atoms with E-state index in [1.165, 1.54) is 0 Å². The molecule has 49 valence electrons. The van der Waals surface area contributed by atoms with E-state index in [1.54, 1.807) is 6.92 Å². The van der Waals surface area contributed by atoms with Gasteiger partial charge in [0.1, 0.15) is 0 Å². The monoisotopic (exact) mass is 206 g/mol. The maximum absolute atomic E-state index is 11.5. The van der Waals surface area contributed by atoms with Gasteiger partial charge in [0.15, 0.2) is 0 Å². The van der Waals surface area contributed by atoms with Crippen LogP contribution in [0.15, 0.2) is 5.83 Å². The third kappa shape index (κ3) is 6.12. The van der Waals surface area contributed by atoms with Crippen LogP contribution in [0.1, 0.15) is 6.92 Å². The smallest absolute Gasteiger partial charge is 0.202 e. The third-order valence-corrected chi connectivity index (χ3v) is 0.470. The molecule has 2 nitrogen and oxygen atoms in total. The maximum atomic E-state index is 11.5. The van der Waals surface area contributed by atoms with Crippen LogP contribution >= 0.6 is 0 Å². The van der Waals surface area contributed by atoms with E-state index in [-0.39, 0.29) is 39.3 Å². The molecule has 0 aromatic rings. The number of carbonyl (C=O) groups excluding carboxylic acids is 1. The Morgan fingerprint density at radius 2 is 2.22 bits per heavy atom. The number of rotatable bonds is 2. The Hall–Kier alpha value is 0.244. The van der Waals surface area contributed by atoms with Gasteiger partial charge in [-0.2, -0.15) is 0 Å². The predicted molar refractivity (Wildman–Crippen MR) is 25.6 cm³/mol. The molecule has 0 N–H and O–H groups in total. The van der Waals surface area contributed by atoms with Crippen LogP contribution in [0.5, 0.6) is 0 Å². The standard InChI is InChI=1S/C5H6FO2.Y/c1-3-8-5(7)4(2)6;/h2H,3H2,1H3;/q-1;. The van der Waals surface area contributed by atoms with Gasteiger partial charge in [0.05, 0.1) is 6.61 Å². The molecule has 4 heteroatoms. The van der Waals surface area contributed by atoms with Crippen LogP contribution in [0.25, 0.3) is 0 Å². The summed E-state index contributed by atoms with van der Waals surface area (Å²) in [6.45, 7) is 6.11. The van der Waals surface area contributed by atoms with Crippen molar-refractivity contribution in [1.29, 1.82) is 0 Å². The summed E-state index contributed by atoms with van der Waals surface area (Å²) < 4.78 is 15.6. The van der Waals surface area contributed by atoms with Gasteiger partial charge in [0, 0.05) is 38.5 Å². The molecule has 0 unspecified atom stereocenters. The van der Waals surface area contributed by atoms with Crippen LogP contribution in [0, 0.1) is 6.58 Å². The molecule has 0 atom stereocenters. The summed E-state index contributed by atoms with van der Waals surface area (Å²) in [6.07, 6.45) is 0. The number of esters is 1. The maximum Gasteiger partial charge on any atom is 0.202 e. The van der Waals surface area contributed by atoms with Crippen molar-refractivity contribution in [2.45, 2.75) is 6.92 Å². The second-order valence-electron chi connectivity index (χ2n) is 1.07. The van der Waals surface area contributed by atoms with Crippen molar-refractivity contribution in [1.82, 2.24) is 0 Å². The molecule has 0 saturated carbocycles. The van der Waals surface area contributed by atoms with Gasteiger partial charge in [-0.25, -0.2) is 11.0 Å². The number of halogens is 1. The van der Waals surface area contributed by atoms with Gasteiger partial charge >= 0.3 is 0 Å². The molecule has 0 aliphatic carbocycles.